The molecule has 2 nitrogen and oxygen atoms in total. The quantitative estimate of drug-likeness (QED) is 0.895. The Hall–Kier alpha value is -1.87. The predicted octanol–water partition coefficient (Wildman–Crippen LogP) is 3.12. The average molecular weight is 259 g/mol. The third-order valence-electron chi connectivity index (χ3n) is 3.25. The van der Waals surface area contributed by atoms with E-state index in [4.69, 9.17) is 10.5 Å². The van der Waals surface area contributed by atoms with E-state index in [2.05, 4.69) is 0 Å². The lowest BCUT2D eigenvalue weighted by Gasteiger charge is -2.15. The summed E-state index contributed by atoms with van der Waals surface area (Å²) in [6, 6.07) is 14.5. The highest BCUT2D eigenvalue weighted by atomic mass is 19.1. The molecule has 2 N–H and O–H groups in total. The Morgan fingerprint density at radius 1 is 1.16 bits per heavy atom. The molecule has 19 heavy (non-hydrogen) atoms. The van der Waals surface area contributed by atoms with Crippen LogP contribution in [0, 0.1) is 5.82 Å². The second kappa shape index (κ2) is 6.34. The van der Waals surface area contributed by atoms with Crippen LogP contribution in [0.5, 0.6) is 5.75 Å². The highest BCUT2D eigenvalue weighted by Gasteiger charge is 2.11. The molecule has 0 radical (unpaired) electrons. The lowest BCUT2D eigenvalue weighted by molar-refractivity contribution is 0.414. The Morgan fingerprint density at radius 3 is 2.47 bits per heavy atom. The van der Waals surface area contributed by atoms with Gasteiger partial charge in [-0.15, -0.1) is 0 Å². The van der Waals surface area contributed by atoms with Crippen LogP contribution in [-0.4, -0.2) is 13.7 Å². The van der Waals surface area contributed by atoms with Crippen LogP contribution >= 0.6 is 0 Å². The van der Waals surface area contributed by atoms with E-state index < -0.39 is 0 Å². The summed E-state index contributed by atoms with van der Waals surface area (Å²) >= 11 is 0. The lowest BCUT2D eigenvalue weighted by Crippen LogP contribution is -2.15. The molecule has 0 saturated carbocycles. The Labute approximate surface area is 113 Å². The molecule has 0 aliphatic rings. The van der Waals surface area contributed by atoms with Crippen molar-refractivity contribution in [1.82, 2.24) is 0 Å². The average Bonchev–Trinajstić information content (AvgIpc) is 2.45. The standard InChI is InChI=1S/C16H18FNO/c1-19-16-7-5-12(6-8-16)9-14(11-18)13-3-2-4-15(17)10-13/h2-8,10,14H,9,11,18H2,1H3. The second-order valence-electron chi connectivity index (χ2n) is 4.54. The fourth-order valence-electron chi connectivity index (χ4n) is 2.14. The van der Waals surface area contributed by atoms with Gasteiger partial charge < -0.3 is 10.5 Å². The molecule has 0 spiro atoms. The van der Waals surface area contributed by atoms with Gasteiger partial charge in [0, 0.05) is 5.92 Å². The van der Waals surface area contributed by atoms with Gasteiger partial charge in [-0.3, -0.25) is 0 Å². The first-order valence-corrected chi connectivity index (χ1v) is 6.31. The molecule has 0 saturated heterocycles. The minimum Gasteiger partial charge on any atom is -0.497 e. The van der Waals surface area contributed by atoms with E-state index in [0.717, 1.165) is 17.7 Å². The zero-order valence-electron chi connectivity index (χ0n) is 11.0. The van der Waals surface area contributed by atoms with Crippen LogP contribution in [0.15, 0.2) is 48.5 Å². The van der Waals surface area contributed by atoms with Crippen molar-refractivity contribution >= 4 is 0 Å². The van der Waals surface area contributed by atoms with Crippen LogP contribution in [0.25, 0.3) is 0 Å². The minimum atomic E-state index is -0.217. The number of hydrogen-bond donors (Lipinski definition) is 1. The van der Waals surface area contributed by atoms with Crippen LogP contribution in [0.2, 0.25) is 0 Å². The maximum Gasteiger partial charge on any atom is 0.123 e. The van der Waals surface area contributed by atoms with Gasteiger partial charge in [0.25, 0.3) is 0 Å². The third kappa shape index (κ3) is 3.55. The maximum atomic E-state index is 13.2. The van der Waals surface area contributed by atoms with E-state index in [9.17, 15) is 4.39 Å². The van der Waals surface area contributed by atoms with E-state index in [0.29, 0.717) is 6.54 Å². The molecule has 0 bridgehead atoms. The minimum absolute atomic E-state index is 0.129. The normalized spacial score (nSPS) is 12.2. The first kappa shape index (κ1) is 13.6. The van der Waals surface area contributed by atoms with E-state index in [1.165, 1.54) is 11.6 Å². The summed E-state index contributed by atoms with van der Waals surface area (Å²) < 4.78 is 18.4. The summed E-state index contributed by atoms with van der Waals surface area (Å²) in [7, 11) is 1.64. The predicted molar refractivity (Wildman–Crippen MR) is 74.9 cm³/mol. The number of nitrogens with two attached hydrogens (primary N) is 1. The molecule has 0 heterocycles. The van der Waals surface area contributed by atoms with Gasteiger partial charge >= 0.3 is 0 Å². The molecule has 2 rings (SSSR count). The molecule has 3 heteroatoms. The molecule has 0 aliphatic heterocycles. The molecular formula is C16H18FNO. The van der Waals surface area contributed by atoms with E-state index in [1.807, 2.05) is 30.3 Å². The lowest BCUT2D eigenvalue weighted by atomic mass is 9.92. The molecule has 0 aliphatic carbocycles. The van der Waals surface area contributed by atoms with Crippen LogP contribution in [-0.2, 0) is 6.42 Å². The van der Waals surface area contributed by atoms with Crippen LogP contribution in [0.1, 0.15) is 17.0 Å². The first-order chi connectivity index (χ1) is 9.22. The van der Waals surface area contributed by atoms with E-state index in [1.54, 1.807) is 19.2 Å². The summed E-state index contributed by atoms with van der Waals surface area (Å²) in [5.41, 5.74) is 7.92. The Morgan fingerprint density at radius 2 is 1.89 bits per heavy atom. The zero-order valence-corrected chi connectivity index (χ0v) is 11.0. The van der Waals surface area contributed by atoms with Gasteiger partial charge in [-0.05, 0) is 48.4 Å². The molecule has 1 unspecified atom stereocenters. The van der Waals surface area contributed by atoms with Gasteiger partial charge in [0.05, 0.1) is 7.11 Å². The second-order valence-corrected chi connectivity index (χ2v) is 4.54. The Bertz CT molecular complexity index is 525. The number of benzene rings is 2. The zero-order chi connectivity index (χ0) is 13.7. The van der Waals surface area contributed by atoms with Gasteiger partial charge in [0.1, 0.15) is 11.6 Å². The Balaban J connectivity index is 2.14. The van der Waals surface area contributed by atoms with Crippen molar-refractivity contribution in [3.05, 3.63) is 65.5 Å². The number of halogens is 1. The summed E-state index contributed by atoms with van der Waals surface area (Å²) in [4.78, 5) is 0. The highest BCUT2D eigenvalue weighted by Crippen LogP contribution is 2.22. The molecular weight excluding hydrogens is 241 g/mol. The maximum absolute atomic E-state index is 13.2. The van der Waals surface area contributed by atoms with E-state index >= 15 is 0 Å². The SMILES string of the molecule is COc1ccc(CC(CN)c2cccc(F)c2)cc1. The molecule has 2 aromatic rings. The van der Waals surface area contributed by atoms with Crippen molar-refractivity contribution in [1.29, 1.82) is 0 Å². The molecule has 100 valence electrons. The molecule has 1 atom stereocenters. The van der Waals surface area contributed by atoms with Crippen molar-refractivity contribution in [2.75, 3.05) is 13.7 Å². The van der Waals surface area contributed by atoms with Gasteiger partial charge in [-0.2, -0.15) is 0 Å². The van der Waals surface area contributed by atoms with Gasteiger partial charge in [-0.1, -0.05) is 24.3 Å². The Kier molecular flexibility index (Phi) is 4.53. The van der Waals surface area contributed by atoms with Crippen molar-refractivity contribution in [2.24, 2.45) is 5.73 Å². The van der Waals surface area contributed by atoms with Gasteiger partial charge in [0.2, 0.25) is 0 Å². The fourth-order valence-corrected chi connectivity index (χ4v) is 2.14. The van der Waals surface area contributed by atoms with Gasteiger partial charge in [0.15, 0.2) is 0 Å². The summed E-state index contributed by atoms with van der Waals surface area (Å²) in [5.74, 6) is 0.744. The molecule has 0 aromatic heterocycles. The van der Waals surface area contributed by atoms with Crippen LogP contribution < -0.4 is 10.5 Å². The number of methoxy groups -OCH3 is 1. The summed E-state index contributed by atoms with van der Waals surface area (Å²) in [5, 5.41) is 0. The van der Waals surface area contributed by atoms with Crippen LogP contribution in [0.4, 0.5) is 4.39 Å². The van der Waals surface area contributed by atoms with Gasteiger partial charge in [-0.25, -0.2) is 4.39 Å². The monoisotopic (exact) mass is 259 g/mol. The van der Waals surface area contributed by atoms with Crippen molar-refractivity contribution in [2.45, 2.75) is 12.3 Å². The molecule has 0 fully saturated rings. The number of ether oxygens (including phenoxy) is 1. The van der Waals surface area contributed by atoms with Crippen molar-refractivity contribution in [3.63, 3.8) is 0 Å². The third-order valence-corrected chi connectivity index (χ3v) is 3.25. The first-order valence-electron chi connectivity index (χ1n) is 6.31. The molecule has 0 amide bonds. The van der Waals surface area contributed by atoms with Crippen molar-refractivity contribution < 1.29 is 9.13 Å². The van der Waals surface area contributed by atoms with Crippen molar-refractivity contribution in [3.8, 4) is 5.75 Å². The number of hydrogen-bond acceptors (Lipinski definition) is 2. The fraction of sp³-hybridized carbons (Fsp3) is 0.250. The smallest absolute Gasteiger partial charge is 0.123 e. The van der Waals surface area contributed by atoms with Crippen LogP contribution in [0.3, 0.4) is 0 Å². The number of rotatable bonds is 5. The highest BCUT2D eigenvalue weighted by molar-refractivity contribution is 5.30. The summed E-state index contributed by atoms with van der Waals surface area (Å²) in [6.45, 7) is 0.496. The summed E-state index contributed by atoms with van der Waals surface area (Å²) in [6.07, 6.45) is 0.796. The molecule has 2 aromatic carbocycles. The topological polar surface area (TPSA) is 35.2 Å². The van der Waals surface area contributed by atoms with E-state index in [-0.39, 0.29) is 11.7 Å². The largest absolute Gasteiger partial charge is 0.497 e.